The summed E-state index contributed by atoms with van der Waals surface area (Å²) >= 11 is 0. The van der Waals surface area contributed by atoms with Gasteiger partial charge >= 0.3 is 0 Å². The summed E-state index contributed by atoms with van der Waals surface area (Å²) in [5, 5.41) is 6.63. The molecule has 0 aliphatic carbocycles. The molecule has 6 heteroatoms. The molecular formula is C14H18N4O2. The van der Waals surface area contributed by atoms with Gasteiger partial charge in [0.1, 0.15) is 0 Å². The number of carbonyl (C=O) groups excluding carboxylic acids is 1. The van der Waals surface area contributed by atoms with Gasteiger partial charge in [0.2, 0.25) is 11.8 Å². The Labute approximate surface area is 117 Å². The third-order valence-electron chi connectivity index (χ3n) is 2.87. The first kappa shape index (κ1) is 14.2. The van der Waals surface area contributed by atoms with Crippen molar-refractivity contribution in [1.82, 2.24) is 20.4 Å². The third-order valence-corrected chi connectivity index (χ3v) is 2.87. The predicted octanol–water partition coefficient (Wildman–Crippen LogP) is 1.97. The zero-order valence-electron chi connectivity index (χ0n) is 11.7. The van der Waals surface area contributed by atoms with E-state index in [-0.39, 0.29) is 11.9 Å². The molecule has 2 aromatic heterocycles. The lowest BCUT2D eigenvalue weighted by atomic mass is 10.2. The second-order valence-electron chi connectivity index (χ2n) is 4.63. The van der Waals surface area contributed by atoms with Crippen molar-refractivity contribution < 1.29 is 9.32 Å². The quantitative estimate of drug-likeness (QED) is 0.871. The average molecular weight is 274 g/mol. The molecule has 2 heterocycles. The molecule has 1 N–H and O–H groups in total. The summed E-state index contributed by atoms with van der Waals surface area (Å²) in [5.74, 6) is 1.20. The number of aryl methyl sites for hydroxylation is 2. The Morgan fingerprint density at radius 1 is 1.45 bits per heavy atom. The van der Waals surface area contributed by atoms with Crippen LogP contribution in [0.5, 0.6) is 0 Å². The van der Waals surface area contributed by atoms with Crippen LogP contribution in [0.4, 0.5) is 0 Å². The summed E-state index contributed by atoms with van der Waals surface area (Å²) in [7, 11) is 0. The van der Waals surface area contributed by atoms with E-state index in [1.54, 1.807) is 13.1 Å². The molecule has 2 rings (SSSR count). The molecule has 0 unspecified atom stereocenters. The lowest BCUT2D eigenvalue weighted by Gasteiger charge is -2.12. The predicted molar refractivity (Wildman–Crippen MR) is 72.8 cm³/mol. The Bertz CT molecular complexity index is 553. The topological polar surface area (TPSA) is 80.9 Å². The summed E-state index contributed by atoms with van der Waals surface area (Å²) < 4.78 is 4.99. The molecule has 0 bridgehead atoms. The van der Waals surface area contributed by atoms with Crippen molar-refractivity contribution in [2.24, 2.45) is 0 Å². The average Bonchev–Trinajstić information content (AvgIpc) is 2.85. The van der Waals surface area contributed by atoms with Crippen LogP contribution in [0.1, 0.15) is 43.2 Å². The first-order chi connectivity index (χ1) is 9.65. The van der Waals surface area contributed by atoms with E-state index in [0.29, 0.717) is 31.0 Å². The molecule has 2 aromatic rings. The van der Waals surface area contributed by atoms with Crippen LogP contribution in [-0.4, -0.2) is 21.0 Å². The Morgan fingerprint density at radius 2 is 2.30 bits per heavy atom. The van der Waals surface area contributed by atoms with Crippen LogP contribution in [0.3, 0.4) is 0 Å². The molecule has 0 saturated heterocycles. The van der Waals surface area contributed by atoms with E-state index >= 15 is 0 Å². The second-order valence-corrected chi connectivity index (χ2v) is 4.63. The highest BCUT2D eigenvalue weighted by Gasteiger charge is 2.11. The van der Waals surface area contributed by atoms with Crippen molar-refractivity contribution in [2.45, 2.75) is 39.2 Å². The van der Waals surface area contributed by atoms with Crippen molar-refractivity contribution in [2.75, 3.05) is 0 Å². The fourth-order valence-corrected chi connectivity index (χ4v) is 1.86. The van der Waals surface area contributed by atoms with Gasteiger partial charge in [0.05, 0.1) is 11.7 Å². The summed E-state index contributed by atoms with van der Waals surface area (Å²) in [6.45, 7) is 3.69. The lowest BCUT2D eigenvalue weighted by molar-refractivity contribution is -0.121. The van der Waals surface area contributed by atoms with Crippen molar-refractivity contribution in [3.8, 4) is 0 Å². The number of nitrogens with one attached hydrogen (secondary N) is 1. The van der Waals surface area contributed by atoms with Crippen LogP contribution >= 0.6 is 0 Å². The van der Waals surface area contributed by atoms with Crippen LogP contribution in [0.25, 0.3) is 0 Å². The first-order valence-electron chi connectivity index (χ1n) is 6.64. The van der Waals surface area contributed by atoms with Gasteiger partial charge in [0.25, 0.3) is 0 Å². The minimum absolute atomic E-state index is 0.000565. The van der Waals surface area contributed by atoms with Gasteiger partial charge in [0.15, 0.2) is 5.82 Å². The number of pyridine rings is 1. The van der Waals surface area contributed by atoms with E-state index in [4.69, 9.17) is 4.52 Å². The monoisotopic (exact) mass is 274 g/mol. The summed E-state index contributed by atoms with van der Waals surface area (Å²) in [4.78, 5) is 20.1. The van der Waals surface area contributed by atoms with E-state index in [0.717, 1.165) is 5.69 Å². The van der Waals surface area contributed by atoms with Crippen LogP contribution in [0.15, 0.2) is 28.9 Å². The van der Waals surface area contributed by atoms with Gasteiger partial charge in [-0.3, -0.25) is 9.78 Å². The van der Waals surface area contributed by atoms with Gasteiger partial charge in [-0.15, -0.1) is 0 Å². The van der Waals surface area contributed by atoms with E-state index in [9.17, 15) is 4.79 Å². The normalized spacial score (nSPS) is 12.1. The fraction of sp³-hybridized carbons (Fsp3) is 0.429. The van der Waals surface area contributed by atoms with Crippen molar-refractivity contribution in [1.29, 1.82) is 0 Å². The van der Waals surface area contributed by atoms with Crippen molar-refractivity contribution in [3.63, 3.8) is 0 Å². The van der Waals surface area contributed by atoms with Crippen LogP contribution in [-0.2, 0) is 11.2 Å². The van der Waals surface area contributed by atoms with Crippen LogP contribution in [0.2, 0.25) is 0 Å². The van der Waals surface area contributed by atoms with Gasteiger partial charge in [-0.05, 0) is 32.4 Å². The van der Waals surface area contributed by atoms with Gasteiger partial charge < -0.3 is 9.84 Å². The Kier molecular flexibility index (Phi) is 4.81. The molecule has 20 heavy (non-hydrogen) atoms. The Hall–Kier alpha value is -2.24. The maximum absolute atomic E-state index is 11.8. The molecule has 0 radical (unpaired) electrons. The minimum Gasteiger partial charge on any atom is -0.348 e. The SMILES string of the molecule is Cc1noc(CCCC(=O)N[C@@H](C)c2ccccn2)n1. The smallest absolute Gasteiger partial charge is 0.226 e. The number of aromatic nitrogens is 3. The number of hydrogen-bond acceptors (Lipinski definition) is 5. The summed E-state index contributed by atoms with van der Waals surface area (Å²) in [6.07, 6.45) is 3.45. The Balaban J connectivity index is 1.73. The Morgan fingerprint density at radius 3 is 2.95 bits per heavy atom. The van der Waals surface area contributed by atoms with Gasteiger partial charge in [-0.1, -0.05) is 11.2 Å². The van der Waals surface area contributed by atoms with Gasteiger partial charge in [-0.25, -0.2) is 0 Å². The zero-order chi connectivity index (χ0) is 14.4. The number of amides is 1. The maximum Gasteiger partial charge on any atom is 0.226 e. The molecule has 0 aromatic carbocycles. The molecule has 0 aliphatic rings. The molecule has 1 amide bonds. The van der Waals surface area contributed by atoms with E-state index in [1.807, 2.05) is 25.1 Å². The van der Waals surface area contributed by atoms with Crippen LogP contribution < -0.4 is 5.32 Å². The number of hydrogen-bond donors (Lipinski definition) is 1. The zero-order valence-corrected chi connectivity index (χ0v) is 11.7. The number of carbonyl (C=O) groups is 1. The van der Waals surface area contributed by atoms with Gasteiger partial charge in [0, 0.05) is 19.0 Å². The third kappa shape index (κ3) is 4.15. The standard InChI is InChI=1S/C14H18N4O2/c1-10(12-6-3-4-9-15-12)16-13(19)7-5-8-14-17-11(2)18-20-14/h3-4,6,9-10H,5,7-8H2,1-2H3,(H,16,19)/t10-/m0/s1. The minimum atomic E-state index is -0.0886. The lowest BCUT2D eigenvalue weighted by Crippen LogP contribution is -2.26. The van der Waals surface area contributed by atoms with Gasteiger partial charge in [-0.2, -0.15) is 4.98 Å². The van der Waals surface area contributed by atoms with Crippen molar-refractivity contribution in [3.05, 3.63) is 41.8 Å². The van der Waals surface area contributed by atoms with E-state index in [2.05, 4.69) is 20.4 Å². The molecule has 0 fully saturated rings. The maximum atomic E-state index is 11.8. The molecule has 0 aliphatic heterocycles. The number of rotatable bonds is 6. The molecule has 1 atom stereocenters. The van der Waals surface area contributed by atoms with Crippen molar-refractivity contribution >= 4 is 5.91 Å². The van der Waals surface area contributed by atoms with Crippen LogP contribution in [0, 0.1) is 6.92 Å². The molecular weight excluding hydrogens is 256 g/mol. The highest BCUT2D eigenvalue weighted by atomic mass is 16.5. The van der Waals surface area contributed by atoms with E-state index in [1.165, 1.54) is 0 Å². The first-order valence-corrected chi connectivity index (χ1v) is 6.64. The largest absolute Gasteiger partial charge is 0.348 e. The molecule has 0 saturated carbocycles. The summed E-state index contributed by atoms with van der Waals surface area (Å²) in [5.41, 5.74) is 0.855. The number of nitrogens with zero attached hydrogens (tertiary/aromatic N) is 3. The second kappa shape index (κ2) is 6.79. The van der Waals surface area contributed by atoms with E-state index < -0.39 is 0 Å². The molecule has 106 valence electrons. The molecule has 0 spiro atoms. The molecule has 6 nitrogen and oxygen atoms in total. The highest BCUT2D eigenvalue weighted by Crippen LogP contribution is 2.09. The summed E-state index contributed by atoms with van der Waals surface area (Å²) in [6, 6.07) is 5.56. The fourth-order valence-electron chi connectivity index (χ4n) is 1.86. The highest BCUT2D eigenvalue weighted by molar-refractivity contribution is 5.76.